The van der Waals surface area contributed by atoms with Crippen LogP contribution in [0.25, 0.3) is 0 Å². The van der Waals surface area contributed by atoms with E-state index in [9.17, 15) is 4.79 Å². The maximum absolute atomic E-state index is 11.9. The van der Waals surface area contributed by atoms with E-state index < -0.39 is 5.60 Å². The van der Waals surface area contributed by atoms with Crippen LogP contribution in [0, 0.1) is 11.3 Å². The Balaban J connectivity index is 1.95. The van der Waals surface area contributed by atoms with E-state index >= 15 is 0 Å². The highest BCUT2D eigenvalue weighted by atomic mass is 16.6. The molecule has 1 saturated carbocycles. The fourth-order valence-electron chi connectivity index (χ4n) is 3.11. The lowest BCUT2D eigenvalue weighted by Crippen LogP contribution is -2.36. The van der Waals surface area contributed by atoms with E-state index in [2.05, 4.69) is 13.0 Å². The smallest absolute Gasteiger partial charge is 0.410 e. The minimum Gasteiger partial charge on any atom is -0.444 e. The van der Waals surface area contributed by atoms with Gasteiger partial charge in [0.25, 0.3) is 0 Å². The molecule has 0 spiro atoms. The van der Waals surface area contributed by atoms with E-state index in [1.807, 2.05) is 27.8 Å². The lowest BCUT2D eigenvalue weighted by Gasteiger charge is -2.30. The molecule has 3 nitrogen and oxygen atoms in total. The van der Waals surface area contributed by atoms with Gasteiger partial charge < -0.3 is 9.64 Å². The molecule has 0 radical (unpaired) electrons. The number of allylic oxidation sites excluding steroid dienone is 1. The van der Waals surface area contributed by atoms with Crippen molar-refractivity contribution in [2.75, 3.05) is 13.6 Å². The average Bonchev–Trinajstić information content (AvgIpc) is 2.70. The van der Waals surface area contributed by atoms with Gasteiger partial charge in [0.05, 0.1) is 0 Å². The van der Waals surface area contributed by atoms with Gasteiger partial charge in [-0.1, -0.05) is 13.0 Å². The number of carbonyl (C=O) groups excluding carboxylic acids is 1. The molecule has 0 saturated heterocycles. The topological polar surface area (TPSA) is 29.5 Å². The summed E-state index contributed by atoms with van der Waals surface area (Å²) in [6.07, 6.45) is 6.01. The Morgan fingerprint density at radius 3 is 2.67 bits per heavy atom. The van der Waals surface area contributed by atoms with Gasteiger partial charge in [-0.2, -0.15) is 0 Å². The number of ether oxygens (including phenoxy) is 1. The summed E-state index contributed by atoms with van der Waals surface area (Å²) in [7, 11) is 1.82. The molecule has 1 amide bonds. The number of hydrogen-bond acceptors (Lipinski definition) is 2. The third-order valence-corrected chi connectivity index (χ3v) is 4.10. The molecular formula is C15H25NO2. The molecule has 2 atom stereocenters. The molecule has 2 bridgehead atoms. The molecule has 1 fully saturated rings. The minimum atomic E-state index is -0.418. The number of hydrogen-bond donors (Lipinski definition) is 0. The molecule has 0 aliphatic heterocycles. The van der Waals surface area contributed by atoms with Gasteiger partial charge in [0, 0.05) is 13.6 Å². The van der Waals surface area contributed by atoms with Gasteiger partial charge in [0.15, 0.2) is 0 Å². The largest absolute Gasteiger partial charge is 0.444 e. The first-order chi connectivity index (χ1) is 8.20. The molecule has 102 valence electrons. The Morgan fingerprint density at radius 1 is 1.56 bits per heavy atom. The fourth-order valence-corrected chi connectivity index (χ4v) is 3.11. The van der Waals surface area contributed by atoms with Crippen LogP contribution in [0.15, 0.2) is 11.6 Å². The van der Waals surface area contributed by atoms with E-state index in [4.69, 9.17) is 4.74 Å². The molecule has 0 aromatic heterocycles. The molecule has 2 aliphatic rings. The number of amides is 1. The first-order valence-electron chi connectivity index (χ1n) is 6.85. The summed E-state index contributed by atoms with van der Waals surface area (Å²) in [5.74, 6) is 0.747. The first kappa shape index (κ1) is 13.4. The molecule has 3 heteroatoms. The zero-order chi connectivity index (χ0) is 13.6. The molecular weight excluding hydrogens is 226 g/mol. The van der Waals surface area contributed by atoms with Gasteiger partial charge >= 0.3 is 6.09 Å². The zero-order valence-corrected chi connectivity index (χ0v) is 12.2. The van der Waals surface area contributed by atoms with Gasteiger partial charge in [0.1, 0.15) is 5.60 Å². The van der Waals surface area contributed by atoms with Crippen LogP contribution < -0.4 is 0 Å². The number of carbonyl (C=O) groups is 1. The summed E-state index contributed by atoms with van der Waals surface area (Å²) < 4.78 is 5.38. The van der Waals surface area contributed by atoms with Crippen LogP contribution in [0.1, 0.15) is 47.0 Å². The third kappa shape index (κ3) is 2.70. The zero-order valence-electron chi connectivity index (χ0n) is 12.2. The van der Waals surface area contributed by atoms with Crippen molar-refractivity contribution >= 4 is 6.09 Å². The predicted octanol–water partition coefficient (Wildman–Crippen LogP) is 3.60. The van der Waals surface area contributed by atoms with Crippen molar-refractivity contribution in [1.29, 1.82) is 0 Å². The van der Waals surface area contributed by atoms with E-state index in [1.165, 1.54) is 24.8 Å². The Hall–Kier alpha value is -0.990. The molecule has 18 heavy (non-hydrogen) atoms. The van der Waals surface area contributed by atoms with Crippen LogP contribution in [0.5, 0.6) is 0 Å². The minimum absolute atomic E-state index is 0.227. The second-order valence-corrected chi connectivity index (χ2v) is 7.09. The van der Waals surface area contributed by atoms with Gasteiger partial charge in [-0.15, -0.1) is 0 Å². The number of rotatable bonds is 2. The first-order valence-corrected chi connectivity index (χ1v) is 6.85. The lowest BCUT2D eigenvalue weighted by atomic mass is 9.82. The van der Waals surface area contributed by atoms with Crippen molar-refractivity contribution in [3.63, 3.8) is 0 Å². The Morgan fingerprint density at radius 2 is 2.22 bits per heavy atom. The highest BCUT2D eigenvalue weighted by Gasteiger charge is 2.43. The Bertz CT molecular complexity index is 380. The van der Waals surface area contributed by atoms with Crippen LogP contribution in [0.2, 0.25) is 0 Å². The molecule has 2 rings (SSSR count). The molecule has 0 heterocycles. The summed E-state index contributed by atoms with van der Waals surface area (Å²) in [5, 5.41) is 0. The number of nitrogens with zero attached hydrogens (tertiary/aromatic N) is 1. The number of likely N-dealkylation sites (N-methyl/N-ethyl adjacent to an activating group) is 1. The summed E-state index contributed by atoms with van der Waals surface area (Å²) in [6.45, 7) is 8.74. The van der Waals surface area contributed by atoms with E-state index in [-0.39, 0.29) is 6.09 Å². The van der Waals surface area contributed by atoms with Crippen molar-refractivity contribution < 1.29 is 9.53 Å². The second-order valence-electron chi connectivity index (χ2n) is 7.09. The monoisotopic (exact) mass is 251 g/mol. The van der Waals surface area contributed by atoms with Crippen LogP contribution in [0.4, 0.5) is 4.79 Å². The standard InChI is InChI=1S/C15H25NO2/c1-14(2,3)18-13(17)16(5)10-12-8-11-6-7-15(12,4)9-11/h8,11H,6-7,9-10H2,1-5H3/t11-,15-/m0/s1. The van der Waals surface area contributed by atoms with Crippen molar-refractivity contribution in [3.05, 3.63) is 11.6 Å². The Labute approximate surface area is 110 Å². The van der Waals surface area contributed by atoms with Crippen LogP contribution in [0.3, 0.4) is 0 Å². The quantitative estimate of drug-likeness (QED) is 0.702. The van der Waals surface area contributed by atoms with E-state index in [1.54, 1.807) is 4.90 Å². The van der Waals surface area contributed by atoms with E-state index in [0.29, 0.717) is 12.0 Å². The van der Waals surface area contributed by atoms with Crippen LogP contribution >= 0.6 is 0 Å². The molecule has 0 unspecified atom stereocenters. The molecule has 0 aromatic rings. The van der Waals surface area contributed by atoms with Gasteiger partial charge in [0.2, 0.25) is 0 Å². The van der Waals surface area contributed by atoms with Gasteiger partial charge in [-0.05, 0) is 56.9 Å². The molecule has 0 N–H and O–H groups in total. The van der Waals surface area contributed by atoms with Gasteiger partial charge in [-0.3, -0.25) is 0 Å². The summed E-state index contributed by atoms with van der Waals surface area (Å²) in [6, 6.07) is 0. The summed E-state index contributed by atoms with van der Waals surface area (Å²) >= 11 is 0. The predicted molar refractivity (Wildman–Crippen MR) is 72.4 cm³/mol. The number of fused-ring (bicyclic) bond motifs is 2. The van der Waals surface area contributed by atoms with Gasteiger partial charge in [-0.25, -0.2) is 4.79 Å². The summed E-state index contributed by atoms with van der Waals surface area (Å²) in [4.78, 5) is 13.6. The highest BCUT2D eigenvalue weighted by molar-refractivity contribution is 5.68. The van der Waals surface area contributed by atoms with Crippen LogP contribution in [-0.2, 0) is 4.74 Å². The summed E-state index contributed by atoms with van der Waals surface area (Å²) in [5.41, 5.74) is 1.34. The normalized spacial score (nSPS) is 30.3. The van der Waals surface area contributed by atoms with Crippen molar-refractivity contribution in [2.45, 2.75) is 52.6 Å². The SMILES string of the molecule is CN(CC1=C[C@@H]2CC[C@@]1(C)C2)C(=O)OC(C)(C)C. The molecule has 0 aromatic carbocycles. The maximum atomic E-state index is 11.9. The van der Waals surface area contributed by atoms with Crippen molar-refractivity contribution in [2.24, 2.45) is 11.3 Å². The highest BCUT2D eigenvalue weighted by Crippen LogP contribution is 2.53. The fraction of sp³-hybridized carbons (Fsp3) is 0.800. The second kappa shape index (κ2) is 4.29. The average molecular weight is 251 g/mol. The van der Waals surface area contributed by atoms with Crippen LogP contribution in [-0.4, -0.2) is 30.2 Å². The Kier molecular flexibility index (Phi) is 3.20. The van der Waals surface area contributed by atoms with Crippen molar-refractivity contribution in [3.8, 4) is 0 Å². The molecule has 2 aliphatic carbocycles. The third-order valence-electron chi connectivity index (χ3n) is 4.10. The van der Waals surface area contributed by atoms with E-state index in [0.717, 1.165) is 5.92 Å². The van der Waals surface area contributed by atoms with Crippen molar-refractivity contribution in [1.82, 2.24) is 4.90 Å². The lowest BCUT2D eigenvalue weighted by molar-refractivity contribution is 0.0307. The maximum Gasteiger partial charge on any atom is 0.410 e.